The lowest BCUT2D eigenvalue weighted by Gasteiger charge is -2.27. The molecule has 0 radical (unpaired) electrons. The van der Waals surface area contributed by atoms with Gasteiger partial charge in [-0.15, -0.1) is 5.10 Å². The van der Waals surface area contributed by atoms with Crippen molar-refractivity contribution in [2.75, 3.05) is 13.7 Å². The Labute approximate surface area is 180 Å². The lowest BCUT2D eigenvalue weighted by Crippen LogP contribution is -2.22. The summed E-state index contributed by atoms with van der Waals surface area (Å²) in [6.07, 6.45) is 5.54. The summed E-state index contributed by atoms with van der Waals surface area (Å²) in [5, 5.41) is 12.0. The van der Waals surface area contributed by atoms with Crippen molar-refractivity contribution in [3.05, 3.63) is 87.2 Å². The van der Waals surface area contributed by atoms with Crippen molar-refractivity contribution in [2.24, 2.45) is 0 Å². The molecule has 0 saturated heterocycles. The molecular weight excluding hydrogens is 461 g/mol. The predicted molar refractivity (Wildman–Crippen MR) is 112 cm³/mol. The second-order valence-electron chi connectivity index (χ2n) is 6.41. The fraction of sp³-hybridized carbons (Fsp3) is 0.150. The van der Waals surface area contributed by atoms with Gasteiger partial charge < -0.3 is 9.64 Å². The average molecular weight is 477 g/mol. The number of tetrazole rings is 1. The molecule has 1 aliphatic heterocycles. The third kappa shape index (κ3) is 4.18. The first-order chi connectivity index (χ1) is 14.0. The standard InChI is InChI=1S/C20H16BrClFN5O/c1-29-20-11-27(10-13-2-4-18(23)17(21)8-13)7-6-15(20)16-9-14(22)3-5-19(16)28-12-24-25-26-28/h2-6,8-9,11-12H,7,10H2,1H3. The minimum Gasteiger partial charge on any atom is -0.495 e. The summed E-state index contributed by atoms with van der Waals surface area (Å²) in [4.78, 5) is 2.09. The van der Waals surface area contributed by atoms with Crippen molar-refractivity contribution in [2.45, 2.75) is 6.54 Å². The Hall–Kier alpha value is -2.71. The molecule has 0 amide bonds. The van der Waals surface area contributed by atoms with Crippen molar-refractivity contribution in [1.82, 2.24) is 25.1 Å². The third-order valence-electron chi connectivity index (χ3n) is 4.53. The van der Waals surface area contributed by atoms with Gasteiger partial charge in [0.25, 0.3) is 0 Å². The summed E-state index contributed by atoms with van der Waals surface area (Å²) in [6.45, 7) is 1.27. The molecule has 0 bridgehead atoms. The molecule has 1 aliphatic rings. The van der Waals surface area contributed by atoms with E-state index < -0.39 is 0 Å². The highest BCUT2D eigenvalue weighted by molar-refractivity contribution is 9.10. The molecule has 0 spiro atoms. The molecule has 2 aromatic carbocycles. The maximum Gasteiger partial charge on any atom is 0.143 e. The quantitative estimate of drug-likeness (QED) is 0.538. The molecule has 0 fully saturated rings. The zero-order chi connectivity index (χ0) is 20.4. The number of allylic oxidation sites excluding steroid dienone is 1. The van der Waals surface area contributed by atoms with Crippen LogP contribution in [-0.2, 0) is 11.3 Å². The summed E-state index contributed by atoms with van der Waals surface area (Å²) in [5.74, 6) is 0.410. The molecule has 0 saturated carbocycles. The maximum atomic E-state index is 13.5. The van der Waals surface area contributed by atoms with Crippen LogP contribution in [0.4, 0.5) is 4.39 Å². The van der Waals surface area contributed by atoms with Crippen molar-refractivity contribution in [3.63, 3.8) is 0 Å². The van der Waals surface area contributed by atoms with Crippen LogP contribution in [0.2, 0.25) is 5.02 Å². The predicted octanol–water partition coefficient (Wildman–Crippen LogP) is 4.60. The summed E-state index contributed by atoms with van der Waals surface area (Å²) in [5.41, 5.74) is 3.54. The summed E-state index contributed by atoms with van der Waals surface area (Å²) in [7, 11) is 1.62. The summed E-state index contributed by atoms with van der Waals surface area (Å²) in [6, 6.07) is 10.5. The first kappa shape index (κ1) is 19.6. The van der Waals surface area contributed by atoms with Gasteiger partial charge in [0.15, 0.2) is 0 Å². The van der Waals surface area contributed by atoms with Crippen LogP contribution in [0.25, 0.3) is 11.3 Å². The van der Waals surface area contributed by atoms with Crippen molar-refractivity contribution in [1.29, 1.82) is 0 Å². The maximum absolute atomic E-state index is 13.5. The molecule has 3 aromatic rings. The molecule has 4 rings (SSSR count). The Balaban J connectivity index is 1.65. The number of aromatic nitrogens is 4. The van der Waals surface area contributed by atoms with Gasteiger partial charge in [-0.3, -0.25) is 0 Å². The minimum atomic E-state index is -0.279. The van der Waals surface area contributed by atoms with Gasteiger partial charge in [-0.1, -0.05) is 23.7 Å². The minimum absolute atomic E-state index is 0.279. The van der Waals surface area contributed by atoms with Gasteiger partial charge in [0.2, 0.25) is 0 Å². The highest BCUT2D eigenvalue weighted by Gasteiger charge is 2.20. The largest absolute Gasteiger partial charge is 0.495 e. The highest BCUT2D eigenvalue weighted by atomic mass is 79.9. The zero-order valence-corrected chi connectivity index (χ0v) is 17.7. The van der Waals surface area contributed by atoms with Gasteiger partial charge >= 0.3 is 0 Å². The second kappa shape index (κ2) is 8.34. The van der Waals surface area contributed by atoms with E-state index in [1.807, 2.05) is 18.3 Å². The normalized spacial score (nSPS) is 13.9. The fourth-order valence-electron chi connectivity index (χ4n) is 3.18. The van der Waals surface area contributed by atoms with Crippen LogP contribution in [-0.4, -0.2) is 38.8 Å². The van der Waals surface area contributed by atoms with Gasteiger partial charge in [-0.25, -0.2) is 4.39 Å². The average Bonchev–Trinajstić information content (AvgIpc) is 3.25. The van der Waals surface area contributed by atoms with E-state index in [1.54, 1.807) is 30.0 Å². The molecule has 148 valence electrons. The zero-order valence-electron chi connectivity index (χ0n) is 15.4. The SMILES string of the molecule is COC1=CN(Cc2ccc(F)c(Br)c2)CC=C1c1cc(Cl)ccc1-n1cnnn1. The Morgan fingerprint density at radius 1 is 1.24 bits per heavy atom. The van der Waals surface area contributed by atoms with Crippen LogP contribution in [0.15, 0.2) is 65.2 Å². The van der Waals surface area contributed by atoms with E-state index in [1.165, 1.54) is 12.4 Å². The number of methoxy groups -OCH3 is 1. The number of benzene rings is 2. The van der Waals surface area contributed by atoms with E-state index in [9.17, 15) is 4.39 Å². The summed E-state index contributed by atoms with van der Waals surface area (Å²) >= 11 is 9.49. The molecule has 9 heteroatoms. The van der Waals surface area contributed by atoms with Gasteiger partial charge in [-0.2, -0.15) is 4.68 Å². The number of ether oxygens (including phenoxy) is 1. The molecule has 2 heterocycles. The molecule has 29 heavy (non-hydrogen) atoms. The van der Waals surface area contributed by atoms with Gasteiger partial charge in [-0.05, 0) is 62.3 Å². The van der Waals surface area contributed by atoms with Crippen LogP contribution < -0.4 is 0 Å². The topological polar surface area (TPSA) is 56.1 Å². The summed E-state index contributed by atoms with van der Waals surface area (Å²) < 4.78 is 21.2. The van der Waals surface area contributed by atoms with Crippen molar-refractivity contribution < 1.29 is 9.13 Å². The van der Waals surface area contributed by atoms with Crippen LogP contribution >= 0.6 is 27.5 Å². The number of nitrogens with zero attached hydrogens (tertiary/aromatic N) is 5. The Morgan fingerprint density at radius 3 is 2.83 bits per heavy atom. The number of halogens is 3. The number of hydrogen-bond donors (Lipinski definition) is 0. The first-order valence-corrected chi connectivity index (χ1v) is 9.90. The second-order valence-corrected chi connectivity index (χ2v) is 7.70. The number of hydrogen-bond acceptors (Lipinski definition) is 5. The Bertz CT molecular complexity index is 1100. The molecule has 0 N–H and O–H groups in total. The molecule has 0 aliphatic carbocycles. The smallest absolute Gasteiger partial charge is 0.143 e. The van der Waals surface area contributed by atoms with Gasteiger partial charge in [0.1, 0.15) is 17.9 Å². The molecular formula is C20H16BrClFN5O. The molecule has 6 nitrogen and oxygen atoms in total. The highest BCUT2D eigenvalue weighted by Crippen LogP contribution is 2.33. The van der Waals surface area contributed by atoms with E-state index in [-0.39, 0.29) is 5.82 Å². The van der Waals surface area contributed by atoms with E-state index >= 15 is 0 Å². The van der Waals surface area contributed by atoms with Crippen molar-refractivity contribution in [3.8, 4) is 5.69 Å². The van der Waals surface area contributed by atoms with E-state index in [0.717, 1.165) is 22.4 Å². The fourth-order valence-corrected chi connectivity index (χ4v) is 3.78. The van der Waals surface area contributed by atoms with Crippen LogP contribution in [0.3, 0.4) is 0 Å². The molecule has 0 atom stereocenters. The first-order valence-electron chi connectivity index (χ1n) is 8.73. The number of rotatable bonds is 5. The van der Waals surface area contributed by atoms with Crippen LogP contribution in [0.1, 0.15) is 11.1 Å². The lowest BCUT2D eigenvalue weighted by molar-refractivity contribution is 0.285. The van der Waals surface area contributed by atoms with E-state index in [0.29, 0.717) is 28.3 Å². The lowest BCUT2D eigenvalue weighted by atomic mass is 9.99. The monoisotopic (exact) mass is 475 g/mol. The van der Waals surface area contributed by atoms with Gasteiger partial charge in [0, 0.05) is 35.4 Å². The Morgan fingerprint density at radius 2 is 2.10 bits per heavy atom. The van der Waals surface area contributed by atoms with E-state index in [2.05, 4.69) is 42.4 Å². The molecule has 0 unspecified atom stereocenters. The third-order valence-corrected chi connectivity index (χ3v) is 5.37. The molecule has 1 aromatic heterocycles. The van der Waals surface area contributed by atoms with Crippen molar-refractivity contribution >= 4 is 33.1 Å². The van der Waals surface area contributed by atoms with Crippen LogP contribution in [0.5, 0.6) is 0 Å². The Kier molecular flexibility index (Phi) is 5.64. The van der Waals surface area contributed by atoms with Crippen LogP contribution in [0, 0.1) is 5.82 Å². The van der Waals surface area contributed by atoms with E-state index in [4.69, 9.17) is 16.3 Å². The van der Waals surface area contributed by atoms with Gasteiger partial charge in [0.05, 0.1) is 17.3 Å².